The van der Waals surface area contributed by atoms with Gasteiger partial charge in [0.25, 0.3) is 5.91 Å². The van der Waals surface area contributed by atoms with E-state index < -0.39 is 0 Å². The van der Waals surface area contributed by atoms with E-state index >= 15 is 0 Å². The number of rotatable bonds is 6. The first kappa shape index (κ1) is 18.5. The van der Waals surface area contributed by atoms with Crippen LogP contribution in [0.2, 0.25) is 5.02 Å². The van der Waals surface area contributed by atoms with Gasteiger partial charge < -0.3 is 25.2 Å². The lowest BCUT2D eigenvalue weighted by atomic mass is 9.58. The summed E-state index contributed by atoms with van der Waals surface area (Å²) in [6, 6.07) is 7.00. The monoisotopic (exact) mass is 368 g/mol. The molecular weight excluding hydrogens is 344 g/mol. The van der Waals surface area contributed by atoms with Gasteiger partial charge in [-0.3, -0.25) is 4.79 Å². The Morgan fingerprint density at radius 2 is 2.16 bits per heavy atom. The van der Waals surface area contributed by atoms with Crippen LogP contribution in [-0.4, -0.2) is 61.0 Å². The molecule has 0 aromatic heterocycles. The lowest BCUT2D eigenvalue weighted by Gasteiger charge is -2.56. The van der Waals surface area contributed by atoms with Gasteiger partial charge in [-0.1, -0.05) is 17.7 Å². The van der Waals surface area contributed by atoms with E-state index in [4.69, 9.17) is 26.8 Å². The number of halogens is 1. The van der Waals surface area contributed by atoms with Gasteiger partial charge in [-0.2, -0.15) is 0 Å². The average Bonchev–Trinajstić information content (AvgIpc) is 2.63. The number of carbonyl (C=O) groups excluding carboxylic acids is 1. The minimum Gasteiger partial charge on any atom is -0.484 e. The molecule has 1 amide bonds. The van der Waals surface area contributed by atoms with Crippen LogP contribution in [0.4, 0.5) is 0 Å². The number of hydrogen-bond acceptors (Lipinski definition) is 5. The van der Waals surface area contributed by atoms with Gasteiger partial charge in [0, 0.05) is 36.5 Å². The average molecular weight is 369 g/mol. The first-order chi connectivity index (χ1) is 12.0. The van der Waals surface area contributed by atoms with Crippen molar-refractivity contribution in [3.05, 3.63) is 29.3 Å². The molecule has 25 heavy (non-hydrogen) atoms. The van der Waals surface area contributed by atoms with Crippen molar-refractivity contribution in [2.24, 2.45) is 11.1 Å². The van der Waals surface area contributed by atoms with Crippen molar-refractivity contribution in [1.29, 1.82) is 0 Å². The number of carbonyl (C=O) groups is 1. The summed E-state index contributed by atoms with van der Waals surface area (Å²) >= 11 is 5.91. The molecule has 1 aromatic rings. The molecule has 6 nitrogen and oxygen atoms in total. The molecule has 1 aliphatic carbocycles. The zero-order valence-corrected chi connectivity index (χ0v) is 15.0. The second kappa shape index (κ2) is 7.91. The standard InChI is InChI=1S/C18H25ClN2O4/c19-13-2-1-3-14(10-13)25-12-17(23)21-7-4-18(5-8-21)15(22)11-16(18)24-9-6-20/h1-3,10,15-16,22H,4-9,11-12,20H2/t15-,16+/m1/s1. The normalized spacial score (nSPS) is 24.8. The molecule has 2 aliphatic rings. The molecule has 1 aliphatic heterocycles. The number of nitrogens with zero attached hydrogens (tertiary/aromatic N) is 1. The summed E-state index contributed by atoms with van der Waals surface area (Å²) in [4.78, 5) is 14.2. The number of hydrogen-bond donors (Lipinski definition) is 2. The molecule has 3 N–H and O–H groups in total. The number of nitrogens with two attached hydrogens (primary N) is 1. The molecule has 1 saturated carbocycles. The van der Waals surface area contributed by atoms with E-state index in [1.807, 2.05) is 0 Å². The van der Waals surface area contributed by atoms with Crippen molar-refractivity contribution in [2.75, 3.05) is 32.8 Å². The van der Waals surface area contributed by atoms with Crippen LogP contribution in [-0.2, 0) is 9.53 Å². The van der Waals surface area contributed by atoms with Crippen molar-refractivity contribution in [3.8, 4) is 5.75 Å². The maximum atomic E-state index is 12.4. The van der Waals surface area contributed by atoms with Gasteiger partial charge in [-0.25, -0.2) is 0 Å². The van der Waals surface area contributed by atoms with E-state index in [0.717, 1.165) is 12.8 Å². The van der Waals surface area contributed by atoms with E-state index in [1.165, 1.54) is 0 Å². The lowest BCUT2D eigenvalue weighted by molar-refractivity contribution is -0.210. The third-order valence-corrected chi connectivity index (χ3v) is 5.62. The van der Waals surface area contributed by atoms with Crippen molar-refractivity contribution in [2.45, 2.75) is 31.5 Å². The number of amides is 1. The van der Waals surface area contributed by atoms with Gasteiger partial charge in [0.15, 0.2) is 6.61 Å². The fourth-order valence-electron chi connectivity index (χ4n) is 3.79. The zero-order valence-electron chi connectivity index (χ0n) is 14.2. The lowest BCUT2D eigenvalue weighted by Crippen LogP contribution is -2.63. The Morgan fingerprint density at radius 3 is 2.80 bits per heavy atom. The number of likely N-dealkylation sites (tertiary alicyclic amines) is 1. The first-order valence-corrected chi connectivity index (χ1v) is 9.09. The van der Waals surface area contributed by atoms with Crippen LogP contribution >= 0.6 is 11.6 Å². The maximum Gasteiger partial charge on any atom is 0.260 e. The Morgan fingerprint density at radius 1 is 1.40 bits per heavy atom. The topological polar surface area (TPSA) is 85.0 Å². The highest BCUT2D eigenvalue weighted by Gasteiger charge is 2.56. The van der Waals surface area contributed by atoms with E-state index in [0.29, 0.717) is 43.4 Å². The molecular formula is C18H25ClN2O4. The molecule has 2 atom stereocenters. The van der Waals surface area contributed by atoms with Crippen LogP contribution in [0, 0.1) is 5.41 Å². The molecule has 1 heterocycles. The van der Waals surface area contributed by atoms with Crippen LogP contribution < -0.4 is 10.5 Å². The van der Waals surface area contributed by atoms with Gasteiger partial charge in [-0.15, -0.1) is 0 Å². The largest absolute Gasteiger partial charge is 0.484 e. The highest BCUT2D eigenvalue weighted by atomic mass is 35.5. The second-order valence-corrected chi connectivity index (χ2v) is 7.20. The molecule has 3 rings (SSSR count). The summed E-state index contributed by atoms with van der Waals surface area (Å²) in [6.45, 7) is 2.20. The van der Waals surface area contributed by atoms with Crippen LogP contribution in [0.1, 0.15) is 19.3 Å². The van der Waals surface area contributed by atoms with Gasteiger partial charge >= 0.3 is 0 Å². The third kappa shape index (κ3) is 3.92. The quantitative estimate of drug-likeness (QED) is 0.793. The van der Waals surface area contributed by atoms with E-state index in [2.05, 4.69) is 0 Å². The predicted molar refractivity (Wildman–Crippen MR) is 94.6 cm³/mol. The molecule has 0 bridgehead atoms. The molecule has 0 unspecified atom stereocenters. The van der Waals surface area contributed by atoms with Crippen molar-refractivity contribution in [3.63, 3.8) is 0 Å². The molecule has 1 saturated heterocycles. The highest BCUT2D eigenvalue weighted by Crippen LogP contribution is 2.50. The number of benzene rings is 1. The van der Waals surface area contributed by atoms with Crippen LogP contribution in [0.25, 0.3) is 0 Å². The molecule has 7 heteroatoms. The maximum absolute atomic E-state index is 12.4. The van der Waals surface area contributed by atoms with Crippen molar-refractivity contribution in [1.82, 2.24) is 4.90 Å². The number of aliphatic hydroxyl groups is 1. The summed E-state index contributed by atoms with van der Waals surface area (Å²) in [5, 5.41) is 10.8. The van der Waals surface area contributed by atoms with Crippen LogP contribution in [0.3, 0.4) is 0 Å². The van der Waals surface area contributed by atoms with Crippen molar-refractivity contribution >= 4 is 17.5 Å². The third-order valence-electron chi connectivity index (χ3n) is 5.38. The number of piperidine rings is 1. The van der Waals surface area contributed by atoms with Gasteiger partial charge in [0.05, 0.1) is 18.8 Å². The van der Waals surface area contributed by atoms with Gasteiger partial charge in [0.2, 0.25) is 0 Å². The summed E-state index contributed by atoms with van der Waals surface area (Å²) in [5.74, 6) is 0.530. The van der Waals surface area contributed by atoms with Crippen LogP contribution in [0.5, 0.6) is 5.75 Å². The summed E-state index contributed by atoms with van der Waals surface area (Å²) < 4.78 is 11.3. The Labute approximate surface area is 152 Å². The SMILES string of the molecule is NCCO[C@H]1C[C@@H](O)C12CCN(C(=O)COc1cccc(Cl)c1)CC2. The van der Waals surface area contributed by atoms with E-state index in [-0.39, 0.29) is 30.1 Å². The zero-order chi connectivity index (χ0) is 17.9. The fraction of sp³-hybridized carbons (Fsp3) is 0.611. The smallest absolute Gasteiger partial charge is 0.260 e. The predicted octanol–water partition coefficient (Wildman–Crippen LogP) is 1.44. The van der Waals surface area contributed by atoms with Crippen LogP contribution in [0.15, 0.2) is 24.3 Å². The molecule has 1 spiro atoms. The Bertz CT molecular complexity index is 604. The first-order valence-electron chi connectivity index (χ1n) is 8.71. The Balaban J connectivity index is 1.49. The number of aliphatic hydroxyl groups excluding tert-OH is 1. The Kier molecular flexibility index (Phi) is 5.84. The van der Waals surface area contributed by atoms with Gasteiger partial charge in [0.1, 0.15) is 5.75 Å². The van der Waals surface area contributed by atoms with E-state index in [9.17, 15) is 9.90 Å². The highest BCUT2D eigenvalue weighted by molar-refractivity contribution is 6.30. The summed E-state index contributed by atoms with van der Waals surface area (Å²) in [5.41, 5.74) is 5.28. The van der Waals surface area contributed by atoms with E-state index in [1.54, 1.807) is 29.2 Å². The minimum atomic E-state index is -0.352. The minimum absolute atomic E-state index is 0.0109. The second-order valence-electron chi connectivity index (χ2n) is 6.76. The summed E-state index contributed by atoms with van der Waals surface area (Å²) in [7, 11) is 0. The molecule has 0 radical (unpaired) electrons. The molecule has 2 fully saturated rings. The Hall–Kier alpha value is -1.34. The fourth-order valence-corrected chi connectivity index (χ4v) is 3.97. The van der Waals surface area contributed by atoms with Crippen molar-refractivity contribution < 1.29 is 19.4 Å². The number of ether oxygens (including phenoxy) is 2. The summed E-state index contributed by atoms with van der Waals surface area (Å²) in [6.07, 6.45) is 1.84. The molecule has 1 aromatic carbocycles. The molecule has 138 valence electrons. The van der Waals surface area contributed by atoms with Gasteiger partial charge in [-0.05, 0) is 31.0 Å².